The predicted octanol–water partition coefficient (Wildman–Crippen LogP) is 4.27. The molecular weight excluding hydrogens is 413 g/mol. The SMILES string of the molecule is CC(C)(CO)c1c(C2(C)CC(OCC(=O)O)C2)c2c(O)cccc2n1-c1ccc(F)cc1. The van der Waals surface area contributed by atoms with Crippen molar-refractivity contribution in [1.29, 1.82) is 0 Å². The Kier molecular flexibility index (Phi) is 5.51. The van der Waals surface area contributed by atoms with E-state index in [0.29, 0.717) is 18.2 Å². The number of benzene rings is 2. The molecule has 0 unspecified atom stereocenters. The van der Waals surface area contributed by atoms with Crippen molar-refractivity contribution in [3.8, 4) is 11.4 Å². The first-order chi connectivity index (χ1) is 15.1. The molecule has 0 spiro atoms. The van der Waals surface area contributed by atoms with Crippen molar-refractivity contribution in [1.82, 2.24) is 4.57 Å². The molecule has 0 amide bonds. The van der Waals surface area contributed by atoms with Gasteiger partial charge in [-0.15, -0.1) is 0 Å². The lowest BCUT2D eigenvalue weighted by Crippen LogP contribution is -2.46. The number of nitrogens with zero attached hydrogens (tertiary/aromatic N) is 1. The van der Waals surface area contributed by atoms with Gasteiger partial charge in [-0.2, -0.15) is 0 Å². The third-order valence-electron chi connectivity index (χ3n) is 6.50. The maximum absolute atomic E-state index is 13.7. The van der Waals surface area contributed by atoms with E-state index in [2.05, 4.69) is 6.92 Å². The van der Waals surface area contributed by atoms with E-state index in [1.807, 2.05) is 24.5 Å². The van der Waals surface area contributed by atoms with Crippen LogP contribution in [0.5, 0.6) is 5.75 Å². The van der Waals surface area contributed by atoms with E-state index in [-0.39, 0.29) is 30.9 Å². The maximum Gasteiger partial charge on any atom is 0.329 e. The summed E-state index contributed by atoms with van der Waals surface area (Å²) >= 11 is 0. The van der Waals surface area contributed by atoms with Crippen LogP contribution < -0.4 is 0 Å². The number of phenols is 1. The third kappa shape index (κ3) is 3.65. The van der Waals surface area contributed by atoms with Crippen LogP contribution in [-0.2, 0) is 20.4 Å². The van der Waals surface area contributed by atoms with Gasteiger partial charge in [-0.3, -0.25) is 0 Å². The summed E-state index contributed by atoms with van der Waals surface area (Å²) in [5.41, 5.74) is 2.16. The Hall–Kier alpha value is -2.90. The number of aromatic hydroxyl groups is 1. The Morgan fingerprint density at radius 3 is 2.47 bits per heavy atom. The van der Waals surface area contributed by atoms with Crippen LogP contribution in [0.3, 0.4) is 0 Å². The lowest BCUT2D eigenvalue weighted by molar-refractivity contribution is -0.148. The predicted molar refractivity (Wildman–Crippen MR) is 119 cm³/mol. The number of aliphatic hydroxyl groups excluding tert-OH is 1. The Morgan fingerprint density at radius 1 is 1.22 bits per heavy atom. The largest absolute Gasteiger partial charge is 0.507 e. The molecule has 32 heavy (non-hydrogen) atoms. The number of phenolic OH excluding ortho intramolecular Hbond substituents is 1. The number of hydrogen-bond donors (Lipinski definition) is 3. The monoisotopic (exact) mass is 441 g/mol. The number of aromatic nitrogens is 1. The standard InChI is InChI=1S/C25H28FNO5/c1-24(2,14-28)23-22(25(3)11-17(12-25)32-13-20(30)31)21-18(5-4-6-19(21)29)27(23)16-9-7-15(26)8-10-16/h4-10,17,28-29H,11-14H2,1-3H3,(H,30,31). The minimum absolute atomic E-state index is 0.129. The van der Waals surface area contributed by atoms with E-state index in [1.165, 1.54) is 12.1 Å². The highest BCUT2D eigenvalue weighted by Gasteiger charge is 2.48. The fraction of sp³-hybridized carbons (Fsp3) is 0.400. The zero-order valence-corrected chi connectivity index (χ0v) is 18.4. The summed E-state index contributed by atoms with van der Waals surface area (Å²) in [7, 11) is 0. The van der Waals surface area contributed by atoms with Gasteiger partial charge >= 0.3 is 5.97 Å². The summed E-state index contributed by atoms with van der Waals surface area (Å²) in [5, 5.41) is 30.8. The molecule has 2 aromatic carbocycles. The molecule has 170 valence electrons. The Labute approximate surface area is 185 Å². The van der Waals surface area contributed by atoms with E-state index in [9.17, 15) is 19.4 Å². The van der Waals surface area contributed by atoms with Gasteiger partial charge in [-0.05, 0) is 60.2 Å². The Balaban J connectivity index is 1.96. The van der Waals surface area contributed by atoms with Crippen LogP contribution in [0.25, 0.3) is 16.6 Å². The molecule has 3 aromatic rings. The number of ether oxygens (including phenoxy) is 1. The van der Waals surface area contributed by atoms with Gasteiger partial charge in [0, 0.05) is 22.2 Å². The summed E-state index contributed by atoms with van der Waals surface area (Å²) in [6.45, 7) is 5.46. The Bertz CT molecular complexity index is 1160. The summed E-state index contributed by atoms with van der Waals surface area (Å²) in [5.74, 6) is -1.23. The zero-order chi connectivity index (χ0) is 23.3. The minimum atomic E-state index is -1.01. The summed E-state index contributed by atoms with van der Waals surface area (Å²) in [4.78, 5) is 10.9. The normalized spacial score (nSPS) is 21.0. The highest BCUT2D eigenvalue weighted by atomic mass is 19.1. The van der Waals surface area contributed by atoms with Crippen LogP contribution in [0.1, 0.15) is 44.9 Å². The second-order valence-corrected chi connectivity index (χ2v) is 9.54. The molecule has 0 saturated heterocycles. The molecule has 0 radical (unpaired) electrons. The number of aliphatic carboxylic acids is 1. The second-order valence-electron chi connectivity index (χ2n) is 9.54. The molecule has 0 bridgehead atoms. The molecule has 1 aliphatic carbocycles. The van der Waals surface area contributed by atoms with Crippen LogP contribution >= 0.6 is 0 Å². The van der Waals surface area contributed by atoms with E-state index in [1.54, 1.807) is 24.3 Å². The van der Waals surface area contributed by atoms with Crippen LogP contribution in [0, 0.1) is 5.82 Å². The lowest BCUT2D eigenvalue weighted by atomic mass is 9.61. The summed E-state index contributed by atoms with van der Waals surface area (Å²) < 4.78 is 21.1. The maximum atomic E-state index is 13.7. The van der Waals surface area contributed by atoms with E-state index >= 15 is 0 Å². The van der Waals surface area contributed by atoms with E-state index in [0.717, 1.165) is 22.5 Å². The first-order valence-corrected chi connectivity index (χ1v) is 10.6. The summed E-state index contributed by atoms with van der Waals surface area (Å²) in [6.07, 6.45) is 0.980. The van der Waals surface area contributed by atoms with Crippen molar-refractivity contribution < 1.29 is 29.2 Å². The van der Waals surface area contributed by atoms with Crippen LogP contribution in [0.2, 0.25) is 0 Å². The number of carboxylic acids is 1. The van der Waals surface area contributed by atoms with Gasteiger partial charge in [0.15, 0.2) is 0 Å². The van der Waals surface area contributed by atoms with Crippen LogP contribution in [0.15, 0.2) is 42.5 Å². The minimum Gasteiger partial charge on any atom is -0.507 e. The molecule has 0 atom stereocenters. The number of carboxylic acid groups (broad SMARTS) is 1. The molecular formula is C25H28FNO5. The molecule has 1 heterocycles. The molecule has 3 N–H and O–H groups in total. The second kappa shape index (κ2) is 7.90. The molecule has 1 aromatic heterocycles. The van der Waals surface area contributed by atoms with E-state index in [4.69, 9.17) is 9.84 Å². The van der Waals surface area contributed by atoms with Crippen molar-refractivity contribution in [3.63, 3.8) is 0 Å². The first-order valence-electron chi connectivity index (χ1n) is 10.6. The van der Waals surface area contributed by atoms with Gasteiger partial charge in [0.2, 0.25) is 0 Å². The average molecular weight is 441 g/mol. The van der Waals surface area contributed by atoms with Crippen molar-refractivity contribution in [2.24, 2.45) is 0 Å². The summed E-state index contributed by atoms with van der Waals surface area (Å²) in [6, 6.07) is 11.4. The number of rotatable bonds is 7. The van der Waals surface area contributed by atoms with Crippen LogP contribution in [-0.4, -0.2) is 45.2 Å². The lowest BCUT2D eigenvalue weighted by Gasteiger charge is -2.46. The van der Waals surface area contributed by atoms with Crippen molar-refractivity contribution in [2.45, 2.75) is 50.5 Å². The van der Waals surface area contributed by atoms with Gasteiger partial charge in [-0.1, -0.05) is 26.8 Å². The molecule has 1 saturated carbocycles. The molecule has 0 aliphatic heterocycles. The molecule has 6 nitrogen and oxygen atoms in total. The van der Waals surface area contributed by atoms with Crippen molar-refractivity contribution >= 4 is 16.9 Å². The average Bonchev–Trinajstić information content (AvgIpc) is 3.09. The number of carbonyl (C=O) groups is 1. The molecule has 7 heteroatoms. The zero-order valence-electron chi connectivity index (χ0n) is 18.4. The number of hydrogen-bond acceptors (Lipinski definition) is 4. The topological polar surface area (TPSA) is 91.9 Å². The molecule has 1 aliphatic rings. The molecule has 1 fully saturated rings. The van der Waals surface area contributed by atoms with Gasteiger partial charge in [-0.25, -0.2) is 9.18 Å². The Morgan fingerprint density at radius 2 is 1.88 bits per heavy atom. The van der Waals surface area contributed by atoms with Crippen molar-refractivity contribution in [3.05, 3.63) is 59.5 Å². The van der Waals surface area contributed by atoms with Gasteiger partial charge in [0.25, 0.3) is 0 Å². The van der Waals surface area contributed by atoms with Crippen molar-refractivity contribution in [2.75, 3.05) is 13.2 Å². The van der Waals surface area contributed by atoms with Gasteiger partial charge in [0.1, 0.15) is 18.2 Å². The highest BCUT2D eigenvalue weighted by Crippen LogP contribution is 2.53. The highest BCUT2D eigenvalue weighted by molar-refractivity contribution is 5.94. The number of halogens is 1. The van der Waals surface area contributed by atoms with Crippen LogP contribution in [0.4, 0.5) is 4.39 Å². The first kappa shape index (κ1) is 22.3. The molecule has 4 rings (SSSR count). The smallest absolute Gasteiger partial charge is 0.329 e. The number of fused-ring (bicyclic) bond motifs is 1. The quantitative estimate of drug-likeness (QED) is 0.509. The fourth-order valence-electron chi connectivity index (χ4n) is 4.94. The third-order valence-corrected chi connectivity index (χ3v) is 6.50. The van der Waals surface area contributed by atoms with Gasteiger partial charge < -0.3 is 24.6 Å². The van der Waals surface area contributed by atoms with E-state index < -0.39 is 16.8 Å². The fourth-order valence-corrected chi connectivity index (χ4v) is 4.94. The van der Waals surface area contributed by atoms with Gasteiger partial charge in [0.05, 0.1) is 18.2 Å². The number of aliphatic hydroxyl groups is 1.